The largest absolute Gasteiger partial charge is 0.236 e. The summed E-state index contributed by atoms with van der Waals surface area (Å²) in [5.74, 6) is 0. The van der Waals surface area contributed by atoms with E-state index < -0.39 is 0 Å². The van der Waals surface area contributed by atoms with Gasteiger partial charge in [-0.1, -0.05) is 65.3 Å². The summed E-state index contributed by atoms with van der Waals surface area (Å²) < 4.78 is 1.75. The molecule has 1 heterocycles. The Morgan fingerprint density at radius 1 is 1.09 bits per heavy atom. The minimum atomic E-state index is -0.0536. The first-order valence-corrected chi connectivity index (χ1v) is 7.25. The van der Waals surface area contributed by atoms with Gasteiger partial charge in [-0.05, 0) is 18.6 Å². The summed E-state index contributed by atoms with van der Waals surface area (Å²) in [5, 5.41) is 18.1. The summed E-state index contributed by atoms with van der Waals surface area (Å²) >= 11 is 6.29. The number of nitriles is 1. The molecule has 1 unspecified atom stereocenters. The van der Waals surface area contributed by atoms with Crippen molar-refractivity contribution in [3.8, 4) is 17.3 Å². The molecule has 0 saturated carbocycles. The van der Waals surface area contributed by atoms with Gasteiger partial charge in [-0.25, -0.2) is 4.68 Å². The Morgan fingerprint density at radius 3 is 2.45 bits per heavy atom. The number of nitrogens with zero attached hydrogens (tertiary/aromatic N) is 4. The number of rotatable bonds is 3. The van der Waals surface area contributed by atoms with Gasteiger partial charge in [0.2, 0.25) is 0 Å². The highest BCUT2D eigenvalue weighted by Gasteiger charge is 2.21. The van der Waals surface area contributed by atoms with E-state index in [1.165, 1.54) is 0 Å². The summed E-state index contributed by atoms with van der Waals surface area (Å²) in [5.41, 5.74) is 2.76. The van der Waals surface area contributed by atoms with Crippen LogP contribution in [0.15, 0.2) is 54.6 Å². The number of hydrogen-bond donors (Lipinski definition) is 0. The van der Waals surface area contributed by atoms with E-state index in [-0.39, 0.29) is 11.7 Å². The highest BCUT2D eigenvalue weighted by molar-refractivity contribution is 6.33. The predicted octanol–water partition coefficient (Wildman–Crippen LogP) is 4.08. The molecule has 0 spiro atoms. The van der Waals surface area contributed by atoms with E-state index in [0.29, 0.717) is 10.7 Å². The zero-order valence-electron chi connectivity index (χ0n) is 11.9. The van der Waals surface area contributed by atoms with Crippen molar-refractivity contribution in [1.29, 1.82) is 5.26 Å². The Kier molecular flexibility index (Phi) is 3.90. The van der Waals surface area contributed by atoms with Crippen LogP contribution in [0.25, 0.3) is 11.3 Å². The molecule has 0 N–H and O–H groups in total. The van der Waals surface area contributed by atoms with Crippen LogP contribution in [0.3, 0.4) is 0 Å². The van der Waals surface area contributed by atoms with Crippen LogP contribution in [-0.2, 0) is 0 Å². The fourth-order valence-electron chi connectivity index (χ4n) is 2.42. The molecule has 2 aromatic carbocycles. The monoisotopic (exact) mass is 308 g/mol. The van der Waals surface area contributed by atoms with Crippen molar-refractivity contribution >= 4 is 11.6 Å². The summed E-state index contributed by atoms with van der Waals surface area (Å²) in [6, 6.07) is 19.4. The highest BCUT2D eigenvalue weighted by atomic mass is 35.5. The SMILES string of the molecule is CC(c1ccccc1)n1nnc(C#N)c1-c1ccccc1Cl. The fraction of sp³-hybridized carbons (Fsp3) is 0.118. The van der Waals surface area contributed by atoms with E-state index >= 15 is 0 Å². The third kappa shape index (κ3) is 2.47. The molecule has 0 aliphatic carbocycles. The highest BCUT2D eigenvalue weighted by Crippen LogP contribution is 2.32. The van der Waals surface area contributed by atoms with Gasteiger partial charge in [-0.15, -0.1) is 5.10 Å². The zero-order chi connectivity index (χ0) is 15.5. The molecule has 0 amide bonds. The van der Waals surface area contributed by atoms with Crippen LogP contribution in [0.4, 0.5) is 0 Å². The average Bonchev–Trinajstić information content (AvgIpc) is 2.99. The standard InChI is InChI=1S/C17H13ClN4/c1-12(13-7-3-2-4-8-13)22-17(16(11-19)20-21-22)14-9-5-6-10-15(14)18/h2-10,12H,1H3. The third-order valence-corrected chi connectivity index (χ3v) is 3.91. The molecule has 0 aliphatic rings. The fourth-order valence-corrected chi connectivity index (χ4v) is 2.64. The molecule has 5 heteroatoms. The molecule has 3 rings (SSSR count). The van der Waals surface area contributed by atoms with Crippen LogP contribution in [0, 0.1) is 11.3 Å². The minimum absolute atomic E-state index is 0.0536. The van der Waals surface area contributed by atoms with Crippen molar-refractivity contribution in [1.82, 2.24) is 15.0 Å². The molecule has 4 nitrogen and oxygen atoms in total. The maximum Gasteiger partial charge on any atom is 0.190 e. The van der Waals surface area contributed by atoms with E-state index in [4.69, 9.17) is 11.6 Å². The minimum Gasteiger partial charge on any atom is -0.236 e. The van der Waals surface area contributed by atoms with Crippen molar-refractivity contribution in [2.75, 3.05) is 0 Å². The first-order valence-electron chi connectivity index (χ1n) is 6.87. The molecule has 0 aliphatic heterocycles. The van der Waals surface area contributed by atoms with Gasteiger partial charge in [0, 0.05) is 5.56 Å². The second-order valence-electron chi connectivity index (χ2n) is 4.91. The quantitative estimate of drug-likeness (QED) is 0.732. The predicted molar refractivity (Wildman–Crippen MR) is 85.4 cm³/mol. The lowest BCUT2D eigenvalue weighted by molar-refractivity contribution is 0.548. The Bertz CT molecular complexity index is 833. The van der Waals surface area contributed by atoms with Crippen LogP contribution in [0.2, 0.25) is 5.02 Å². The summed E-state index contributed by atoms with van der Waals surface area (Å²) in [7, 11) is 0. The molecule has 0 saturated heterocycles. The van der Waals surface area contributed by atoms with Crippen LogP contribution in [0.1, 0.15) is 24.2 Å². The molecule has 1 atom stereocenters. The van der Waals surface area contributed by atoms with Gasteiger partial charge in [0.1, 0.15) is 11.8 Å². The Morgan fingerprint density at radius 2 is 1.77 bits per heavy atom. The van der Waals surface area contributed by atoms with Gasteiger partial charge in [0.25, 0.3) is 0 Å². The Hall–Kier alpha value is -2.64. The van der Waals surface area contributed by atoms with Crippen LogP contribution in [-0.4, -0.2) is 15.0 Å². The maximum atomic E-state index is 9.33. The number of hydrogen-bond acceptors (Lipinski definition) is 3. The van der Waals surface area contributed by atoms with Crippen LogP contribution < -0.4 is 0 Å². The van der Waals surface area contributed by atoms with Crippen molar-refractivity contribution in [3.05, 3.63) is 70.9 Å². The van der Waals surface area contributed by atoms with Crippen molar-refractivity contribution in [3.63, 3.8) is 0 Å². The lowest BCUT2D eigenvalue weighted by Crippen LogP contribution is -2.10. The van der Waals surface area contributed by atoms with Gasteiger partial charge in [0.05, 0.1) is 11.1 Å². The van der Waals surface area contributed by atoms with Gasteiger partial charge in [0.15, 0.2) is 5.69 Å². The van der Waals surface area contributed by atoms with Gasteiger partial charge in [-0.2, -0.15) is 5.26 Å². The summed E-state index contributed by atoms with van der Waals surface area (Å²) in [4.78, 5) is 0. The average molecular weight is 309 g/mol. The molecule has 0 radical (unpaired) electrons. The van der Waals surface area contributed by atoms with Crippen molar-refractivity contribution < 1.29 is 0 Å². The zero-order valence-corrected chi connectivity index (χ0v) is 12.7. The van der Waals surface area contributed by atoms with E-state index in [1.54, 1.807) is 10.7 Å². The smallest absolute Gasteiger partial charge is 0.190 e. The lowest BCUT2D eigenvalue weighted by atomic mass is 10.1. The molecular weight excluding hydrogens is 296 g/mol. The first kappa shape index (κ1) is 14.3. The third-order valence-electron chi connectivity index (χ3n) is 3.58. The van der Waals surface area contributed by atoms with Crippen LogP contribution >= 0.6 is 11.6 Å². The molecule has 0 bridgehead atoms. The molecule has 3 aromatic rings. The van der Waals surface area contributed by atoms with Crippen molar-refractivity contribution in [2.24, 2.45) is 0 Å². The maximum absolute atomic E-state index is 9.33. The molecule has 108 valence electrons. The molecule has 22 heavy (non-hydrogen) atoms. The van der Waals surface area contributed by atoms with Gasteiger partial charge in [-0.3, -0.25) is 0 Å². The van der Waals surface area contributed by atoms with E-state index in [0.717, 1.165) is 11.1 Å². The van der Waals surface area contributed by atoms with Gasteiger partial charge >= 0.3 is 0 Å². The lowest BCUT2D eigenvalue weighted by Gasteiger charge is -2.15. The number of halogens is 1. The summed E-state index contributed by atoms with van der Waals surface area (Å²) in [6.45, 7) is 2.02. The number of benzene rings is 2. The summed E-state index contributed by atoms with van der Waals surface area (Å²) in [6.07, 6.45) is 0. The molecule has 1 aromatic heterocycles. The second kappa shape index (κ2) is 6.00. The second-order valence-corrected chi connectivity index (χ2v) is 5.32. The topological polar surface area (TPSA) is 54.5 Å². The van der Waals surface area contributed by atoms with Crippen molar-refractivity contribution in [2.45, 2.75) is 13.0 Å². The molecular formula is C17H13ClN4. The number of aromatic nitrogens is 3. The van der Waals surface area contributed by atoms with E-state index in [1.807, 2.05) is 55.5 Å². The first-order chi connectivity index (χ1) is 10.7. The van der Waals surface area contributed by atoms with Gasteiger partial charge < -0.3 is 0 Å². The van der Waals surface area contributed by atoms with E-state index in [2.05, 4.69) is 16.4 Å². The molecule has 0 fully saturated rings. The Balaban J connectivity index is 2.17. The Labute approximate surface area is 133 Å². The van der Waals surface area contributed by atoms with E-state index in [9.17, 15) is 5.26 Å². The van der Waals surface area contributed by atoms with Crippen LogP contribution in [0.5, 0.6) is 0 Å². The normalized spacial score (nSPS) is 11.9.